The SMILES string of the molecule is Cc1nc([N+](=O)[O-])n(CCO)c1N(C)C. The lowest BCUT2D eigenvalue weighted by Crippen LogP contribution is -2.17. The van der Waals surface area contributed by atoms with E-state index in [1.165, 1.54) is 4.57 Å². The van der Waals surface area contributed by atoms with E-state index in [0.29, 0.717) is 11.5 Å². The van der Waals surface area contributed by atoms with Gasteiger partial charge in [0.1, 0.15) is 0 Å². The summed E-state index contributed by atoms with van der Waals surface area (Å²) in [6.07, 6.45) is 0. The van der Waals surface area contributed by atoms with E-state index in [-0.39, 0.29) is 19.1 Å². The molecular formula is C8H14N4O3. The first-order valence-corrected chi connectivity index (χ1v) is 4.48. The fourth-order valence-corrected chi connectivity index (χ4v) is 1.56. The van der Waals surface area contributed by atoms with Gasteiger partial charge in [-0.2, -0.15) is 0 Å². The Labute approximate surface area is 87.1 Å². The van der Waals surface area contributed by atoms with Crippen LogP contribution in [-0.2, 0) is 6.54 Å². The fraction of sp³-hybridized carbons (Fsp3) is 0.625. The molecule has 0 spiro atoms. The fourth-order valence-electron chi connectivity index (χ4n) is 1.56. The van der Waals surface area contributed by atoms with Crippen LogP contribution >= 0.6 is 0 Å². The zero-order chi connectivity index (χ0) is 11.6. The topological polar surface area (TPSA) is 84.4 Å². The van der Waals surface area contributed by atoms with Crippen molar-refractivity contribution in [1.29, 1.82) is 0 Å². The molecule has 1 aromatic heterocycles. The van der Waals surface area contributed by atoms with E-state index in [2.05, 4.69) is 4.98 Å². The summed E-state index contributed by atoms with van der Waals surface area (Å²) in [4.78, 5) is 15.8. The highest BCUT2D eigenvalue weighted by Crippen LogP contribution is 2.24. The van der Waals surface area contributed by atoms with Crippen LogP contribution in [0.1, 0.15) is 5.69 Å². The van der Waals surface area contributed by atoms with Gasteiger partial charge in [0.25, 0.3) is 0 Å². The number of imidazole rings is 1. The summed E-state index contributed by atoms with van der Waals surface area (Å²) >= 11 is 0. The normalized spacial score (nSPS) is 10.4. The monoisotopic (exact) mass is 214 g/mol. The Morgan fingerprint density at radius 2 is 2.20 bits per heavy atom. The van der Waals surface area contributed by atoms with Crippen LogP contribution in [0.2, 0.25) is 0 Å². The Hall–Kier alpha value is -1.63. The molecule has 0 fully saturated rings. The standard InChI is InChI=1S/C8H14N4O3/c1-6-7(10(2)3)11(4-5-13)8(9-6)12(14)15/h13H,4-5H2,1-3H3. The Kier molecular flexibility index (Phi) is 3.25. The predicted molar refractivity (Wildman–Crippen MR) is 55.0 cm³/mol. The van der Waals surface area contributed by atoms with E-state index in [0.717, 1.165) is 0 Å². The Balaban J connectivity index is 3.30. The van der Waals surface area contributed by atoms with E-state index in [1.54, 1.807) is 25.9 Å². The summed E-state index contributed by atoms with van der Waals surface area (Å²) in [5.74, 6) is 0.418. The van der Waals surface area contributed by atoms with Crippen molar-refractivity contribution in [2.75, 3.05) is 25.6 Å². The molecule has 0 saturated carbocycles. The Bertz CT molecular complexity index is 372. The molecule has 1 N–H and O–H groups in total. The number of nitrogens with zero attached hydrogens (tertiary/aromatic N) is 4. The summed E-state index contributed by atoms with van der Waals surface area (Å²) < 4.78 is 1.40. The Morgan fingerprint density at radius 1 is 1.60 bits per heavy atom. The number of aliphatic hydroxyl groups is 1. The minimum Gasteiger partial charge on any atom is -0.393 e. The number of hydrogen-bond acceptors (Lipinski definition) is 5. The lowest BCUT2D eigenvalue weighted by molar-refractivity contribution is -0.396. The highest BCUT2D eigenvalue weighted by atomic mass is 16.6. The zero-order valence-corrected chi connectivity index (χ0v) is 8.97. The molecule has 0 aromatic carbocycles. The summed E-state index contributed by atoms with van der Waals surface area (Å²) in [7, 11) is 3.56. The number of anilines is 1. The van der Waals surface area contributed by atoms with Crippen molar-refractivity contribution in [1.82, 2.24) is 9.55 Å². The van der Waals surface area contributed by atoms with E-state index >= 15 is 0 Å². The summed E-state index contributed by atoms with van der Waals surface area (Å²) in [6, 6.07) is 0. The van der Waals surface area contributed by atoms with Gasteiger partial charge in [0, 0.05) is 14.1 Å². The second kappa shape index (κ2) is 4.26. The number of hydrogen-bond donors (Lipinski definition) is 1. The average Bonchev–Trinajstić information content (AvgIpc) is 2.43. The van der Waals surface area contributed by atoms with Gasteiger partial charge in [-0.05, 0) is 11.8 Å². The molecule has 7 nitrogen and oxygen atoms in total. The van der Waals surface area contributed by atoms with Crippen LogP contribution in [0.5, 0.6) is 0 Å². The van der Waals surface area contributed by atoms with Crippen molar-refractivity contribution in [2.45, 2.75) is 13.5 Å². The van der Waals surface area contributed by atoms with Crippen LogP contribution in [0, 0.1) is 17.0 Å². The van der Waals surface area contributed by atoms with Gasteiger partial charge in [0.15, 0.2) is 5.69 Å². The maximum absolute atomic E-state index is 10.7. The van der Waals surface area contributed by atoms with Gasteiger partial charge in [-0.3, -0.25) is 0 Å². The van der Waals surface area contributed by atoms with E-state index in [9.17, 15) is 10.1 Å². The van der Waals surface area contributed by atoms with Crippen molar-refractivity contribution in [3.05, 3.63) is 15.8 Å². The minimum atomic E-state index is -0.546. The zero-order valence-electron chi connectivity index (χ0n) is 8.97. The largest absolute Gasteiger partial charge is 0.436 e. The van der Waals surface area contributed by atoms with E-state index in [1.807, 2.05) is 0 Å². The number of aliphatic hydroxyl groups excluding tert-OH is 1. The number of aryl methyl sites for hydroxylation is 1. The third-order valence-corrected chi connectivity index (χ3v) is 2.00. The Morgan fingerprint density at radius 3 is 2.60 bits per heavy atom. The molecule has 1 heterocycles. The molecule has 0 bridgehead atoms. The van der Waals surface area contributed by atoms with Crippen molar-refractivity contribution in [2.24, 2.45) is 0 Å². The van der Waals surface area contributed by atoms with Gasteiger partial charge in [-0.25, -0.2) is 4.57 Å². The molecule has 0 aliphatic heterocycles. The highest BCUT2D eigenvalue weighted by molar-refractivity contribution is 5.47. The van der Waals surface area contributed by atoms with E-state index in [4.69, 9.17) is 5.11 Å². The second-order valence-electron chi connectivity index (χ2n) is 3.35. The first kappa shape index (κ1) is 11.4. The molecule has 0 radical (unpaired) electrons. The van der Waals surface area contributed by atoms with Gasteiger partial charge in [0.05, 0.1) is 13.2 Å². The molecule has 84 valence electrons. The lowest BCUT2D eigenvalue weighted by atomic mass is 10.4. The third kappa shape index (κ3) is 2.07. The smallest absolute Gasteiger partial charge is 0.393 e. The van der Waals surface area contributed by atoms with Gasteiger partial charge in [-0.15, -0.1) is 0 Å². The molecule has 0 aliphatic carbocycles. The maximum atomic E-state index is 10.7. The van der Waals surface area contributed by atoms with Gasteiger partial charge < -0.3 is 20.1 Å². The molecule has 0 aliphatic rings. The summed E-state index contributed by atoms with van der Waals surface area (Å²) in [6.45, 7) is 1.72. The number of nitro groups is 1. The minimum absolute atomic E-state index is 0.155. The lowest BCUT2D eigenvalue weighted by Gasteiger charge is -2.11. The maximum Gasteiger partial charge on any atom is 0.436 e. The number of rotatable bonds is 4. The molecule has 0 unspecified atom stereocenters. The van der Waals surface area contributed by atoms with E-state index < -0.39 is 4.92 Å². The molecule has 0 amide bonds. The quantitative estimate of drug-likeness (QED) is 0.570. The molecule has 1 rings (SSSR count). The van der Waals surface area contributed by atoms with Crippen molar-refractivity contribution in [3.63, 3.8) is 0 Å². The predicted octanol–water partition coefficient (Wildman–Crippen LogP) is 0.158. The first-order chi connectivity index (χ1) is 6.99. The van der Waals surface area contributed by atoms with Crippen LogP contribution in [-0.4, -0.2) is 40.3 Å². The molecule has 15 heavy (non-hydrogen) atoms. The van der Waals surface area contributed by atoms with Crippen LogP contribution in [0.15, 0.2) is 0 Å². The van der Waals surface area contributed by atoms with Crippen LogP contribution in [0.25, 0.3) is 0 Å². The highest BCUT2D eigenvalue weighted by Gasteiger charge is 2.25. The van der Waals surface area contributed by atoms with Gasteiger partial charge >= 0.3 is 5.95 Å². The van der Waals surface area contributed by atoms with Crippen molar-refractivity contribution >= 4 is 11.8 Å². The van der Waals surface area contributed by atoms with Crippen LogP contribution in [0.4, 0.5) is 11.8 Å². The molecule has 0 saturated heterocycles. The number of aromatic nitrogens is 2. The summed E-state index contributed by atoms with van der Waals surface area (Å²) in [5.41, 5.74) is 0.583. The molecule has 1 aromatic rings. The molecule has 7 heteroatoms. The van der Waals surface area contributed by atoms with Crippen molar-refractivity contribution < 1.29 is 10.0 Å². The first-order valence-electron chi connectivity index (χ1n) is 4.48. The van der Waals surface area contributed by atoms with Gasteiger partial charge in [-0.1, -0.05) is 4.98 Å². The molecule has 0 atom stereocenters. The van der Waals surface area contributed by atoms with Gasteiger partial charge in [0.2, 0.25) is 5.82 Å². The third-order valence-electron chi connectivity index (χ3n) is 2.00. The van der Waals surface area contributed by atoms with Crippen molar-refractivity contribution in [3.8, 4) is 0 Å². The van der Waals surface area contributed by atoms with Crippen LogP contribution < -0.4 is 4.90 Å². The average molecular weight is 214 g/mol. The second-order valence-corrected chi connectivity index (χ2v) is 3.35. The summed E-state index contributed by atoms with van der Waals surface area (Å²) in [5, 5.41) is 19.6. The van der Waals surface area contributed by atoms with Crippen LogP contribution in [0.3, 0.4) is 0 Å². The molecular weight excluding hydrogens is 200 g/mol.